The third-order valence-corrected chi connectivity index (χ3v) is 2.43. The summed E-state index contributed by atoms with van der Waals surface area (Å²) in [6, 6.07) is 7.30. The highest BCUT2D eigenvalue weighted by Crippen LogP contribution is 2.08. The Morgan fingerprint density at radius 3 is 2.56 bits per heavy atom. The predicted molar refractivity (Wildman–Crippen MR) is 66.6 cm³/mol. The Morgan fingerprint density at radius 1 is 1.25 bits per heavy atom. The summed E-state index contributed by atoms with van der Waals surface area (Å²) < 4.78 is 0. The SMILES string of the molecule is CCCCNC(=O)NCc1ccc(Cl)cc1. The molecule has 0 aliphatic carbocycles. The lowest BCUT2D eigenvalue weighted by Crippen LogP contribution is -2.35. The van der Waals surface area contributed by atoms with Crippen molar-refractivity contribution in [3.63, 3.8) is 0 Å². The van der Waals surface area contributed by atoms with E-state index in [9.17, 15) is 4.79 Å². The van der Waals surface area contributed by atoms with Gasteiger partial charge in [0.15, 0.2) is 0 Å². The topological polar surface area (TPSA) is 41.1 Å². The first kappa shape index (κ1) is 12.8. The summed E-state index contributed by atoms with van der Waals surface area (Å²) in [5, 5.41) is 6.28. The van der Waals surface area contributed by atoms with Crippen molar-refractivity contribution < 1.29 is 4.79 Å². The maximum Gasteiger partial charge on any atom is 0.315 e. The number of amides is 2. The van der Waals surface area contributed by atoms with Gasteiger partial charge in [0.1, 0.15) is 0 Å². The molecule has 4 heteroatoms. The Morgan fingerprint density at radius 2 is 1.94 bits per heavy atom. The summed E-state index contributed by atoms with van der Waals surface area (Å²) in [6.45, 7) is 3.34. The summed E-state index contributed by atoms with van der Waals surface area (Å²) in [5.41, 5.74) is 1.04. The number of rotatable bonds is 5. The summed E-state index contributed by atoms with van der Waals surface area (Å²) in [6.07, 6.45) is 2.09. The molecular formula is C12H17ClN2O. The minimum absolute atomic E-state index is 0.122. The third kappa shape index (κ3) is 5.03. The van der Waals surface area contributed by atoms with Gasteiger partial charge in [0.05, 0.1) is 0 Å². The van der Waals surface area contributed by atoms with Gasteiger partial charge < -0.3 is 10.6 Å². The molecule has 0 radical (unpaired) electrons. The van der Waals surface area contributed by atoms with Crippen LogP contribution in [0.3, 0.4) is 0 Å². The van der Waals surface area contributed by atoms with Crippen LogP contribution in [0.15, 0.2) is 24.3 Å². The summed E-state index contributed by atoms with van der Waals surface area (Å²) in [5.74, 6) is 0. The van der Waals surface area contributed by atoms with Crippen LogP contribution < -0.4 is 10.6 Å². The van der Waals surface area contributed by atoms with E-state index >= 15 is 0 Å². The number of hydrogen-bond acceptors (Lipinski definition) is 1. The van der Waals surface area contributed by atoms with E-state index in [1.54, 1.807) is 0 Å². The zero-order chi connectivity index (χ0) is 11.8. The van der Waals surface area contributed by atoms with Crippen LogP contribution in [0.25, 0.3) is 0 Å². The highest BCUT2D eigenvalue weighted by Gasteiger charge is 1.98. The molecule has 1 aromatic rings. The molecule has 3 nitrogen and oxygen atoms in total. The molecule has 0 aliphatic rings. The monoisotopic (exact) mass is 240 g/mol. The molecule has 0 saturated carbocycles. The first-order valence-corrected chi connectivity index (χ1v) is 5.86. The van der Waals surface area contributed by atoms with Crippen molar-refractivity contribution in [2.45, 2.75) is 26.3 Å². The van der Waals surface area contributed by atoms with E-state index in [4.69, 9.17) is 11.6 Å². The largest absolute Gasteiger partial charge is 0.338 e. The smallest absolute Gasteiger partial charge is 0.315 e. The second-order valence-electron chi connectivity index (χ2n) is 3.59. The zero-order valence-electron chi connectivity index (χ0n) is 9.42. The normalized spacial score (nSPS) is 9.88. The lowest BCUT2D eigenvalue weighted by molar-refractivity contribution is 0.240. The molecule has 0 saturated heterocycles. The van der Waals surface area contributed by atoms with Crippen molar-refractivity contribution in [1.29, 1.82) is 0 Å². The Hall–Kier alpha value is -1.22. The highest BCUT2D eigenvalue weighted by molar-refractivity contribution is 6.30. The van der Waals surface area contributed by atoms with Crippen LogP contribution in [0.5, 0.6) is 0 Å². The molecule has 1 aromatic carbocycles. The van der Waals surface area contributed by atoms with Gasteiger partial charge in [-0.3, -0.25) is 0 Å². The second kappa shape index (κ2) is 7.12. The van der Waals surface area contributed by atoms with Crippen LogP contribution in [0.4, 0.5) is 4.79 Å². The van der Waals surface area contributed by atoms with Crippen LogP contribution >= 0.6 is 11.6 Å². The van der Waals surface area contributed by atoms with Crippen molar-refractivity contribution in [2.75, 3.05) is 6.54 Å². The molecule has 0 fully saturated rings. The number of carbonyl (C=O) groups excluding carboxylic acids is 1. The van der Waals surface area contributed by atoms with Gasteiger partial charge in [-0.2, -0.15) is 0 Å². The molecule has 2 N–H and O–H groups in total. The van der Waals surface area contributed by atoms with Gasteiger partial charge in [0, 0.05) is 18.1 Å². The second-order valence-corrected chi connectivity index (χ2v) is 4.03. The van der Waals surface area contributed by atoms with E-state index in [0.717, 1.165) is 24.9 Å². The summed E-state index contributed by atoms with van der Waals surface area (Å²) >= 11 is 5.76. The molecule has 88 valence electrons. The van der Waals surface area contributed by atoms with Crippen LogP contribution in [0.1, 0.15) is 25.3 Å². The zero-order valence-corrected chi connectivity index (χ0v) is 10.2. The van der Waals surface area contributed by atoms with Crippen LogP contribution in [-0.4, -0.2) is 12.6 Å². The van der Waals surface area contributed by atoms with E-state index < -0.39 is 0 Å². The van der Waals surface area contributed by atoms with E-state index in [-0.39, 0.29) is 6.03 Å². The Balaban J connectivity index is 2.23. The molecule has 0 unspecified atom stereocenters. The number of halogens is 1. The van der Waals surface area contributed by atoms with Crippen molar-refractivity contribution in [2.24, 2.45) is 0 Å². The first-order chi connectivity index (χ1) is 7.72. The summed E-state index contributed by atoms with van der Waals surface area (Å²) in [7, 11) is 0. The molecule has 0 heterocycles. The van der Waals surface area contributed by atoms with Gasteiger partial charge in [-0.15, -0.1) is 0 Å². The molecule has 0 spiro atoms. The average Bonchev–Trinajstić information content (AvgIpc) is 2.29. The lowest BCUT2D eigenvalue weighted by Gasteiger charge is -2.07. The highest BCUT2D eigenvalue weighted by atomic mass is 35.5. The van der Waals surface area contributed by atoms with Gasteiger partial charge in [0.25, 0.3) is 0 Å². The van der Waals surface area contributed by atoms with E-state index in [1.165, 1.54) is 0 Å². The minimum atomic E-state index is -0.122. The van der Waals surface area contributed by atoms with Gasteiger partial charge in [-0.1, -0.05) is 37.1 Å². The quantitative estimate of drug-likeness (QED) is 0.764. The average molecular weight is 241 g/mol. The number of hydrogen-bond donors (Lipinski definition) is 2. The predicted octanol–water partition coefficient (Wildman–Crippen LogP) is 2.94. The molecule has 0 bridgehead atoms. The fraction of sp³-hybridized carbons (Fsp3) is 0.417. The minimum Gasteiger partial charge on any atom is -0.338 e. The maximum absolute atomic E-state index is 11.3. The number of nitrogens with one attached hydrogen (secondary N) is 2. The maximum atomic E-state index is 11.3. The van der Waals surface area contributed by atoms with Gasteiger partial charge in [0.2, 0.25) is 0 Å². The van der Waals surface area contributed by atoms with Crippen molar-refractivity contribution in [3.05, 3.63) is 34.9 Å². The third-order valence-electron chi connectivity index (χ3n) is 2.18. The van der Waals surface area contributed by atoms with Crippen molar-refractivity contribution in [1.82, 2.24) is 10.6 Å². The number of benzene rings is 1. The van der Waals surface area contributed by atoms with E-state index in [0.29, 0.717) is 11.6 Å². The van der Waals surface area contributed by atoms with Gasteiger partial charge in [-0.25, -0.2) is 4.79 Å². The van der Waals surface area contributed by atoms with E-state index in [2.05, 4.69) is 17.6 Å². The molecule has 0 aliphatic heterocycles. The standard InChI is InChI=1S/C12H17ClN2O/c1-2-3-8-14-12(16)15-9-10-4-6-11(13)7-5-10/h4-7H,2-3,8-9H2,1H3,(H2,14,15,16). The first-order valence-electron chi connectivity index (χ1n) is 5.48. The molecular weight excluding hydrogens is 224 g/mol. The molecule has 16 heavy (non-hydrogen) atoms. The molecule has 1 rings (SSSR count). The van der Waals surface area contributed by atoms with Crippen molar-refractivity contribution in [3.8, 4) is 0 Å². The van der Waals surface area contributed by atoms with Crippen molar-refractivity contribution >= 4 is 17.6 Å². The molecule has 2 amide bonds. The Labute approximate surface area is 101 Å². The van der Waals surface area contributed by atoms with Gasteiger partial charge >= 0.3 is 6.03 Å². The Bertz CT molecular complexity index is 324. The van der Waals surface area contributed by atoms with Crippen LogP contribution in [0.2, 0.25) is 5.02 Å². The number of carbonyl (C=O) groups is 1. The lowest BCUT2D eigenvalue weighted by atomic mass is 10.2. The van der Waals surface area contributed by atoms with E-state index in [1.807, 2.05) is 24.3 Å². The fourth-order valence-electron chi connectivity index (χ4n) is 1.23. The summed E-state index contributed by atoms with van der Waals surface area (Å²) in [4.78, 5) is 11.3. The molecule has 0 atom stereocenters. The van der Waals surface area contributed by atoms with Crippen LogP contribution in [0, 0.1) is 0 Å². The Kier molecular flexibility index (Phi) is 5.72. The van der Waals surface area contributed by atoms with Crippen LogP contribution in [-0.2, 0) is 6.54 Å². The fourth-order valence-corrected chi connectivity index (χ4v) is 1.35. The van der Waals surface area contributed by atoms with Gasteiger partial charge in [-0.05, 0) is 24.1 Å². The molecule has 0 aromatic heterocycles. The number of urea groups is 1. The number of unbranched alkanes of at least 4 members (excludes halogenated alkanes) is 1.